The van der Waals surface area contributed by atoms with Crippen molar-refractivity contribution in [3.8, 4) is 23.0 Å². The van der Waals surface area contributed by atoms with Crippen molar-refractivity contribution >= 4 is 11.9 Å². The maximum Gasteiger partial charge on any atom is 0.338 e. The quantitative estimate of drug-likeness (QED) is 0.562. The predicted octanol–water partition coefficient (Wildman–Crippen LogP) is 2.97. The molecule has 8 nitrogen and oxygen atoms in total. The van der Waals surface area contributed by atoms with E-state index in [9.17, 15) is 9.59 Å². The molecule has 8 heteroatoms. The Bertz CT molecular complexity index is 867. The molecule has 2 rings (SSSR count). The highest BCUT2D eigenvalue weighted by atomic mass is 16.5. The van der Waals surface area contributed by atoms with E-state index in [1.807, 2.05) is 19.9 Å². The molecule has 0 bridgehead atoms. The van der Waals surface area contributed by atoms with Crippen LogP contribution in [0.5, 0.6) is 23.0 Å². The third-order valence-electron chi connectivity index (χ3n) is 4.05. The minimum atomic E-state index is -0.625. The molecule has 0 heterocycles. The van der Waals surface area contributed by atoms with Crippen molar-refractivity contribution in [1.29, 1.82) is 0 Å². The zero-order valence-corrected chi connectivity index (χ0v) is 17.7. The first-order valence-electron chi connectivity index (χ1n) is 9.56. The number of carbonyl (C=O) groups is 2. The molecule has 0 aliphatic rings. The van der Waals surface area contributed by atoms with Crippen LogP contribution in [0.4, 0.5) is 0 Å². The molecule has 0 aromatic heterocycles. The molecule has 0 saturated heterocycles. The Balaban J connectivity index is 1.90. The average molecular weight is 417 g/mol. The number of benzene rings is 2. The fourth-order valence-corrected chi connectivity index (χ4v) is 2.63. The molecule has 0 aliphatic carbocycles. The van der Waals surface area contributed by atoms with Gasteiger partial charge in [-0.1, -0.05) is 6.07 Å². The van der Waals surface area contributed by atoms with Crippen molar-refractivity contribution in [2.45, 2.75) is 20.4 Å². The Morgan fingerprint density at radius 3 is 2.17 bits per heavy atom. The van der Waals surface area contributed by atoms with Crippen molar-refractivity contribution in [1.82, 2.24) is 5.32 Å². The summed E-state index contributed by atoms with van der Waals surface area (Å²) in [6, 6.07) is 10.1. The van der Waals surface area contributed by atoms with Crippen LogP contribution in [0, 0.1) is 0 Å². The maximum atomic E-state index is 12.3. The van der Waals surface area contributed by atoms with Crippen LogP contribution in [0.1, 0.15) is 29.8 Å². The summed E-state index contributed by atoms with van der Waals surface area (Å²) >= 11 is 0. The molecule has 0 fully saturated rings. The molecule has 2 aromatic carbocycles. The molecule has 0 spiro atoms. The topological polar surface area (TPSA) is 92.3 Å². The smallest absolute Gasteiger partial charge is 0.338 e. The van der Waals surface area contributed by atoms with Gasteiger partial charge in [0.1, 0.15) is 0 Å². The van der Waals surface area contributed by atoms with E-state index in [0.29, 0.717) is 36.2 Å². The van der Waals surface area contributed by atoms with Crippen molar-refractivity contribution in [2.75, 3.05) is 34.0 Å². The van der Waals surface area contributed by atoms with Gasteiger partial charge in [0.25, 0.3) is 5.91 Å². The van der Waals surface area contributed by atoms with Gasteiger partial charge >= 0.3 is 5.97 Å². The van der Waals surface area contributed by atoms with Crippen LogP contribution >= 0.6 is 0 Å². The zero-order chi connectivity index (χ0) is 21.9. The number of amides is 1. The van der Waals surface area contributed by atoms with Crippen LogP contribution in [0.3, 0.4) is 0 Å². The lowest BCUT2D eigenvalue weighted by Gasteiger charge is -2.12. The first kappa shape index (κ1) is 22.9. The fraction of sp³-hybridized carbons (Fsp3) is 0.364. The Hall–Kier alpha value is -3.42. The summed E-state index contributed by atoms with van der Waals surface area (Å²) in [5.74, 6) is 1.12. The Morgan fingerprint density at radius 2 is 1.50 bits per heavy atom. The minimum absolute atomic E-state index is 0.258. The molecule has 1 amide bonds. The number of esters is 1. The van der Waals surface area contributed by atoms with Crippen LogP contribution in [-0.4, -0.2) is 45.9 Å². The van der Waals surface area contributed by atoms with Crippen molar-refractivity contribution in [3.05, 3.63) is 47.5 Å². The van der Waals surface area contributed by atoms with E-state index in [4.69, 9.17) is 23.7 Å². The molecule has 0 atom stereocenters. The van der Waals surface area contributed by atoms with Gasteiger partial charge in [-0.05, 0) is 49.7 Å². The van der Waals surface area contributed by atoms with Gasteiger partial charge in [0.2, 0.25) is 0 Å². The lowest BCUT2D eigenvalue weighted by molar-refractivity contribution is -0.124. The summed E-state index contributed by atoms with van der Waals surface area (Å²) in [5, 5.41) is 2.69. The monoisotopic (exact) mass is 417 g/mol. The van der Waals surface area contributed by atoms with Gasteiger partial charge in [0.15, 0.2) is 29.6 Å². The van der Waals surface area contributed by atoms with E-state index in [-0.39, 0.29) is 12.1 Å². The minimum Gasteiger partial charge on any atom is -0.493 e. The molecule has 162 valence electrons. The Kier molecular flexibility index (Phi) is 8.80. The highest BCUT2D eigenvalue weighted by Crippen LogP contribution is 2.29. The van der Waals surface area contributed by atoms with Crippen LogP contribution in [0.15, 0.2) is 36.4 Å². The van der Waals surface area contributed by atoms with Crippen LogP contribution in [0.2, 0.25) is 0 Å². The molecule has 0 unspecified atom stereocenters. The molecule has 1 N–H and O–H groups in total. The lowest BCUT2D eigenvalue weighted by atomic mass is 10.2. The molecule has 0 radical (unpaired) electrons. The summed E-state index contributed by atoms with van der Waals surface area (Å²) in [4.78, 5) is 24.3. The van der Waals surface area contributed by atoms with Gasteiger partial charge in [-0.3, -0.25) is 4.79 Å². The summed E-state index contributed by atoms with van der Waals surface area (Å²) in [6.45, 7) is 4.46. The Morgan fingerprint density at radius 1 is 0.833 bits per heavy atom. The molecule has 30 heavy (non-hydrogen) atoms. The second-order valence-electron chi connectivity index (χ2n) is 6.07. The lowest BCUT2D eigenvalue weighted by Crippen LogP contribution is -2.28. The van der Waals surface area contributed by atoms with E-state index in [0.717, 1.165) is 5.56 Å². The normalized spacial score (nSPS) is 10.1. The summed E-state index contributed by atoms with van der Waals surface area (Å²) in [7, 11) is 3.09. The number of ether oxygens (including phenoxy) is 5. The summed E-state index contributed by atoms with van der Waals surface area (Å²) < 4.78 is 26.5. The van der Waals surface area contributed by atoms with Gasteiger partial charge in [-0.2, -0.15) is 0 Å². The second-order valence-corrected chi connectivity index (χ2v) is 6.07. The molecular formula is C22H27NO7. The first-order valence-corrected chi connectivity index (χ1v) is 9.56. The number of hydrogen-bond donors (Lipinski definition) is 1. The van der Waals surface area contributed by atoms with Crippen LogP contribution in [-0.2, 0) is 16.1 Å². The Labute approximate surface area is 176 Å². The van der Waals surface area contributed by atoms with Gasteiger partial charge in [0.05, 0.1) is 33.0 Å². The SMILES string of the molecule is CCOc1ccc(C(=O)OCC(=O)NCc2ccc(OC)c(OC)c2)cc1OCC. The van der Waals surface area contributed by atoms with Gasteiger partial charge in [0, 0.05) is 6.54 Å². The number of methoxy groups -OCH3 is 2. The molecular weight excluding hydrogens is 390 g/mol. The number of rotatable bonds is 11. The largest absolute Gasteiger partial charge is 0.493 e. The highest BCUT2D eigenvalue weighted by Gasteiger charge is 2.14. The first-order chi connectivity index (χ1) is 14.5. The number of carbonyl (C=O) groups excluding carboxylic acids is 2. The average Bonchev–Trinajstić information content (AvgIpc) is 2.77. The molecule has 2 aromatic rings. The summed E-state index contributed by atoms with van der Waals surface area (Å²) in [5.41, 5.74) is 1.09. The van der Waals surface area contributed by atoms with Crippen LogP contribution < -0.4 is 24.3 Å². The maximum absolute atomic E-state index is 12.3. The molecule has 0 aliphatic heterocycles. The second kappa shape index (κ2) is 11.5. The number of nitrogens with one attached hydrogen (secondary N) is 1. The number of hydrogen-bond acceptors (Lipinski definition) is 7. The van der Waals surface area contributed by atoms with Gasteiger partial charge in [-0.25, -0.2) is 4.79 Å². The van der Waals surface area contributed by atoms with Crippen LogP contribution in [0.25, 0.3) is 0 Å². The fourth-order valence-electron chi connectivity index (χ4n) is 2.63. The van der Waals surface area contributed by atoms with Crippen molar-refractivity contribution < 1.29 is 33.3 Å². The van der Waals surface area contributed by atoms with Crippen molar-refractivity contribution in [3.63, 3.8) is 0 Å². The van der Waals surface area contributed by atoms with E-state index < -0.39 is 18.5 Å². The van der Waals surface area contributed by atoms with E-state index >= 15 is 0 Å². The highest BCUT2D eigenvalue weighted by molar-refractivity contribution is 5.92. The molecule has 0 saturated carbocycles. The third-order valence-corrected chi connectivity index (χ3v) is 4.05. The van der Waals surface area contributed by atoms with Gasteiger partial charge < -0.3 is 29.0 Å². The summed E-state index contributed by atoms with van der Waals surface area (Å²) in [6.07, 6.45) is 0. The third kappa shape index (κ3) is 6.30. The van der Waals surface area contributed by atoms with E-state index in [2.05, 4.69) is 5.32 Å². The zero-order valence-electron chi connectivity index (χ0n) is 17.7. The van der Waals surface area contributed by atoms with Gasteiger partial charge in [-0.15, -0.1) is 0 Å². The predicted molar refractivity (Wildman–Crippen MR) is 110 cm³/mol. The standard InChI is InChI=1S/C22H27NO7/c1-5-28-18-10-8-16(12-20(18)29-6-2)22(25)30-14-21(24)23-13-15-7-9-17(26-3)19(11-15)27-4/h7-12H,5-6,13-14H2,1-4H3,(H,23,24). The van der Waals surface area contributed by atoms with E-state index in [1.54, 1.807) is 37.4 Å². The van der Waals surface area contributed by atoms with E-state index in [1.165, 1.54) is 7.11 Å². The van der Waals surface area contributed by atoms with Crippen molar-refractivity contribution in [2.24, 2.45) is 0 Å².